The van der Waals surface area contributed by atoms with Crippen LogP contribution in [0.2, 0.25) is 0 Å². The number of nitrogens with one attached hydrogen (secondary N) is 1. The molecule has 0 radical (unpaired) electrons. The zero-order valence-corrected chi connectivity index (χ0v) is 13.3. The predicted octanol–water partition coefficient (Wildman–Crippen LogP) is 3.84. The highest BCUT2D eigenvalue weighted by atomic mass is 15.1. The number of pyridine rings is 1. The summed E-state index contributed by atoms with van der Waals surface area (Å²) in [5.74, 6) is 0. The Balaban J connectivity index is 2.04. The van der Waals surface area contributed by atoms with Gasteiger partial charge in [0.05, 0.1) is 0 Å². The topological polar surface area (TPSA) is 28.2 Å². The summed E-state index contributed by atoms with van der Waals surface area (Å²) in [4.78, 5) is 6.77. The third kappa shape index (κ3) is 4.57. The van der Waals surface area contributed by atoms with Crippen molar-refractivity contribution in [3.8, 4) is 0 Å². The average Bonchev–Trinajstić information content (AvgIpc) is 2.53. The van der Waals surface area contributed by atoms with Crippen molar-refractivity contribution in [2.75, 3.05) is 18.4 Å². The van der Waals surface area contributed by atoms with Crippen molar-refractivity contribution in [3.63, 3.8) is 0 Å². The molecule has 0 bridgehead atoms. The van der Waals surface area contributed by atoms with E-state index in [1.54, 1.807) is 0 Å². The number of aromatic nitrogens is 1. The van der Waals surface area contributed by atoms with Gasteiger partial charge >= 0.3 is 0 Å². The van der Waals surface area contributed by atoms with Gasteiger partial charge in [0.15, 0.2) is 0 Å². The van der Waals surface area contributed by atoms with Gasteiger partial charge in [-0.15, -0.1) is 0 Å². The van der Waals surface area contributed by atoms with Gasteiger partial charge in [-0.3, -0.25) is 9.88 Å². The second-order valence-electron chi connectivity index (χ2n) is 5.28. The minimum atomic E-state index is 0.808. The fraction of sp³-hybridized carbons (Fsp3) is 0.389. The molecule has 112 valence electrons. The SMILES string of the molecule is CCN(CC)Cc1ccccc1NCc1ccc(C)nc1. The Morgan fingerprint density at radius 2 is 1.81 bits per heavy atom. The first-order valence-corrected chi connectivity index (χ1v) is 7.68. The largest absolute Gasteiger partial charge is 0.381 e. The quantitative estimate of drug-likeness (QED) is 0.836. The van der Waals surface area contributed by atoms with E-state index in [9.17, 15) is 0 Å². The fourth-order valence-electron chi connectivity index (χ4n) is 2.32. The molecule has 0 aliphatic carbocycles. The number of benzene rings is 1. The summed E-state index contributed by atoms with van der Waals surface area (Å²) in [7, 11) is 0. The highest BCUT2D eigenvalue weighted by Crippen LogP contribution is 2.18. The van der Waals surface area contributed by atoms with Crippen LogP contribution in [0.3, 0.4) is 0 Å². The van der Waals surface area contributed by atoms with E-state index in [1.165, 1.54) is 16.8 Å². The Morgan fingerprint density at radius 1 is 1.05 bits per heavy atom. The Bertz CT molecular complexity index is 545. The van der Waals surface area contributed by atoms with Crippen molar-refractivity contribution in [1.29, 1.82) is 0 Å². The maximum absolute atomic E-state index is 4.34. The molecule has 0 amide bonds. The maximum Gasteiger partial charge on any atom is 0.0416 e. The second-order valence-corrected chi connectivity index (χ2v) is 5.28. The normalized spacial score (nSPS) is 10.9. The van der Waals surface area contributed by atoms with Gasteiger partial charge < -0.3 is 5.32 Å². The zero-order valence-electron chi connectivity index (χ0n) is 13.3. The molecule has 3 nitrogen and oxygen atoms in total. The van der Waals surface area contributed by atoms with Crippen LogP contribution in [0.1, 0.15) is 30.7 Å². The van der Waals surface area contributed by atoms with Crippen molar-refractivity contribution in [1.82, 2.24) is 9.88 Å². The molecule has 2 rings (SSSR count). The molecule has 0 atom stereocenters. The lowest BCUT2D eigenvalue weighted by atomic mass is 10.1. The fourth-order valence-corrected chi connectivity index (χ4v) is 2.32. The first-order valence-electron chi connectivity index (χ1n) is 7.68. The third-order valence-corrected chi connectivity index (χ3v) is 3.76. The third-order valence-electron chi connectivity index (χ3n) is 3.76. The number of anilines is 1. The highest BCUT2D eigenvalue weighted by molar-refractivity contribution is 5.51. The number of para-hydroxylation sites is 1. The van der Waals surface area contributed by atoms with E-state index in [0.717, 1.165) is 31.9 Å². The van der Waals surface area contributed by atoms with Crippen molar-refractivity contribution >= 4 is 5.69 Å². The summed E-state index contributed by atoms with van der Waals surface area (Å²) >= 11 is 0. The standard InChI is InChI=1S/C18H25N3/c1-4-21(5-2)14-17-8-6-7-9-18(17)20-13-16-11-10-15(3)19-12-16/h6-12,20H,4-5,13-14H2,1-3H3. The van der Waals surface area contributed by atoms with Crippen LogP contribution in [-0.2, 0) is 13.1 Å². The molecule has 1 N–H and O–H groups in total. The molecule has 0 saturated carbocycles. The molecule has 0 aliphatic rings. The van der Waals surface area contributed by atoms with Crippen LogP contribution in [0.5, 0.6) is 0 Å². The highest BCUT2D eigenvalue weighted by Gasteiger charge is 2.06. The van der Waals surface area contributed by atoms with Gasteiger partial charge in [0.1, 0.15) is 0 Å². The second kappa shape index (κ2) is 7.79. The van der Waals surface area contributed by atoms with E-state index in [4.69, 9.17) is 0 Å². The van der Waals surface area contributed by atoms with Crippen LogP contribution >= 0.6 is 0 Å². The number of nitrogens with zero attached hydrogens (tertiary/aromatic N) is 2. The number of aryl methyl sites for hydroxylation is 1. The van der Waals surface area contributed by atoms with Gasteiger partial charge in [0, 0.05) is 30.7 Å². The van der Waals surface area contributed by atoms with E-state index >= 15 is 0 Å². The monoisotopic (exact) mass is 283 g/mol. The lowest BCUT2D eigenvalue weighted by Crippen LogP contribution is -2.22. The summed E-state index contributed by atoms with van der Waals surface area (Å²) in [5.41, 5.74) is 4.82. The molecule has 21 heavy (non-hydrogen) atoms. The maximum atomic E-state index is 4.34. The Morgan fingerprint density at radius 3 is 2.48 bits per heavy atom. The summed E-state index contributed by atoms with van der Waals surface area (Å²) < 4.78 is 0. The van der Waals surface area contributed by atoms with Gasteiger partial charge in [-0.2, -0.15) is 0 Å². The number of rotatable bonds is 7. The lowest BCUT2D eigenvalue weighted by molar-refractivity contribution is 0.296. The molecular formula is C18H25N3. The average molecular weight is 283 g/mol. The van der Waals surface area contributed by atoms with E-state index in [-0.39, 0.29) is 0 Å². The zero-order chi connectivity index (χ0) is 15.1. The molecule has 0 fully saturated rings. The number of hydrogen-bond acceptors (Lipinski definition) is 3. The van der Waals surface area contributed by atoms with Crippen LogP contribution in [0.15, 0.2) is 42.6 Å². The molecule has 1 aromatic heterocycles. The summed E-state index contributed by atoms with van der Waals surface area (Å²) in [6, 6.07) is 12.7. The molecular weight excluding hydrogens is 258 g/mol. The minimum Gasteiger partial charge on any atom is -0.381 e. The van der Waals surface area contributed by atoms with Crippen molar-refractivity contribution in [2.45, 2.75) is 33.9 Å². The first kappa shape index (κ1) is 15.5. The van der Waals surface area contributed by atoms with E-state index in [2.05, 4.69) is 65.4 Å². The lowest BCUT2D eigenvalue weighted by Gasteiger charge is -2.20. The molecule has 1 heterocycles. The van der Waals surface area contributed by atoms with Crippen LogP contribution in [0.4, 0.5) is 5.69 Å². The van der Waals surface area contributed by atoms with Crippen LogP contribution in [0, 0.1) is 6.92 Å². The van der Waals surface area contributed by atoms with Gasteiger partial charge in [-0.05, 0) is 43.3 Å². The van der Waals surface area contributed by atoms with Crippen LogP contribution < -0.4 is 5.32 Å². The minimum absolute atomic E-state index is 0.808. The molecule has 2 aromatic rings. The van der Waals surface area contributed by atoms with E-state index in [1.807, 2.05) is 13.1 Å². The molecule has 3 heteroatoms. The molecule has 0 spiro atoms. The summed E-state index contributed by atoms with van der Waals surface area (Å²) in [5, 5.41) is 3.54. The Hall–Kier alpha value is -1.87. The molecule has 0 unspecified atom stereocenters. The van der Waals surface area contributed by atoms with Gasteiger partial charge in [0.25, 0.3) is 0 Å². The molecule has 1 aromatic carbocycles. The van der Waals surface area contributed by atoms with Gasteiger partial charge in [-0.25, -0.2) is 0 Å². The van der Waals surface area contributed by atoms with E-state index in [0.29, 0.717) is 0 Å². The smallest absolute Gasteiger partial charge is 0.0416 e. The van der Waals surface area contributed by atoms with Crippen LogP contribution in [0.25, 0.3) is 0 Å². The van der Waals surface area contributed by atoms with Crippen molar-refractivity contribution in [2.24, 2.45) is 0 Å². The van der Waals surface area contributed by atoms with Gasteiger partial charge in [-0.1, -0.05) is 38.1 Å². The number of hydrogen-bond donors (Lipinski definition) is 1. The Kier molecular flexibility index (Phi) is 5.76. The van der Waals surface area contributed by atoms with Gasteiger partial charge in [0.2, 0.25) is 0 Å². The molecule has 0 aliphatic heterocycles. The first-order chi connectivity index (χ1) is 10.2. The van der Waals surface area contributed by atoms with E-state index < -0.39 is 0 Å². The predicted molar refractivity (Wildman–Crippen MR) is 89.4 cm³/mol. The summed E-state index contributed by atoms with van der Waals surface area (Å²) in [6.07, 6.45) is 1.94. The van der Waals surface area contributed by atoms with Crippen molar-refractivity contribution in [3.05, 3.63) is 59.4 Å². The summed E-state index contributed by atoms with van der Waals surface area (Å²) in [6.45, 7) is 10.4. The Labute approximate surface area is 128 Å². The van der Waals surface area contributed by atoms with Crippen LogP contribution in [-0.4, -0.2) is 23.0 Å². The van der Waals surface area contributed by atoms with Crippen molar-refractivity contribution < 1.29 is 0 Å². The molecule has 0 saturated heterocycles.